The van der Waals surface area contributed by atoms with Crippen LogP contribution in [-0.4, -0.2) is 0 Å². The van der Waals surface area contributed by atoms with Crippen LogP contribution in [0.25, 0.3) is 0 Å². The summed E-state index contributed by atoms with van der Waals surface area (Å²) >= 11 is 0. The number of ether oxygens (including phenoxy) is 1. The van der Waals surface area contributed by atoms with E-state index in [4.69, 9.17) is 10.5 Å². The third-order valence-electron chi connectivity index (χ3n) is 2.57. The van der Waals surface area contributed by atoms with Gasteiger partial charge in [0.15, 0.2) is 0 Å². The number of aryl methyl sites for hydroxylation is 1. The number of nitrogens with two attached hydrogens (primary N) is 1. The van der Waals surface area contributed by atoms with Gasteiger partial charge in [0.2, 0.25) is 0 Å². The molecule has 0 heterocycles. The number of benzene rings is 2. The Kier molecular flexibility index (Phi) is 3.28. The molecule has 0 unspecified atom stereocenters. The minimum atomic E-state index is -0.263. The molecule has 2 N–H and O–H groups in total. The third-order valence-corrected chi connectivity index (χ3v) is 2.57. The topological polar surface area (TPSA) is 35.2 Å². The van der Waals surface area contributed by atoms with E-state index in [1.165, 1.54) is 12.1 Å². The van der Waals surface area contributed by atoms with Gasteiger partial charge in [0.1, 0.15) is 18.2 Å². The highest BCUT2D eigenvalue weighted by atomic mass is 19.1. The first-order valence-corrected chi connectivity index (χ1v) is 5.38. The smallest absolute Gasteiger partial charge is 0.123 e. The van der Waals surface area contributed by atoms with Crippen molar-refractivity contribution in [2.75, 3.05) is 5.73 Å². The van der Waals surface area contributed by atoms with Crippen LogP contribution in [0.4, 0.5) is 10.1 Å². The first-order valence-electron chi connectivity index (χ1n) is 5.38. The zero-order valence-electron chi connectivity index (χ0n) is 9.61. The number of hydrogen-bond acceptors (Lipinski definition) is 2. The predicted molar refractivity (Wildman–Crippen MR) is 66.3 cm³/mol. The van der Waals surface area contributed by atoms with Crippen LogP contribution in [0.5, 0.6) is 5.75 Å². The lowest BCUT2D eigenvalue weighted by molar-refractivity contribution is 0.305. The van der Waals surface area contributed by atoms with Gasteiger partial charge < -0.3 is 10.5 Å². The van der Waals surface area contributed by atoms with E-state index >= 15 is 0 Å². The molecule has 0 fully saturated rings. The molecule has 0 aliphatic heterocycles. The molecule has 0 saturated heterocycles. The largest absolute Gasteiger partial charge is 0.489 e. The highest BCUT2D eigenvalue weighted by molar-refractivity contribution is 5.44. The minimum absolute atomic E-state index is 0.263. The first-order chi connectivity index (χ1) is 8.15. The molecule has 0 aliphatic carbocycles. The molecule has 0 amide bonds. The second kappa shape index (κ2) is 4.87. The predicted octanol–water partition coefficient (Wildman–Crippen LogP) is 3.30. The molecule has 88 valence electrons. The summed E-state index contributed by atoms with van der Waals surface area (Å²) in [7, 11) is 0. The van der Waals surface area contributed by atoms with Crippen LogP contribution < -0.4 is 10.5 Å². The summed E-state index contributed by atoms with van der Waals surface area (Å²) in [6.45, 7) is 2.44. The van der Waals surface area contributed by atoms with Crippen LogP contribution in [0.15, 0.2) is 42.5 Å². The summed E-state index contributed by atoms with van der Waals surface area (Å²) in [5, 5.41) is 0. The van der Waals surface area contributed by atoms with Gasteiger partial charge in [0.05, 0.1) is 0 Å². The van der Waals surface area contributed by atoms with Crippen LogP contribution in [0, 0.1) is 12.7 Å². The van der Waals surface area contributed by atoms with E-state index in [1.54, 1.807) is 12.1 Å². The Labute approximate surface area is 99.8 Å². The molecule has 0 spiro atoms. The van der Waals surface area contributed by atoms with Crippen molar-refractivity contribution in [2.45, 2.75) is 13.5 Å². The summed E-state index contributed by atoms with van der Waals surface area (Å²) in [5.41, 5.74) is 8.58. The van der Waals surface area contributed by atoms with Crippen LogP contribution in [0.1, 0.15) is 11.1 Å². The SMILES string of the molecule is Cc1cc(N)ccc1COc1ccc(F)cc1. The van der Waals surface area contributed by atoms with Crippen LogP contribution in [0.3, 0.4) is 0 Å². The van der Waals surface area contributed by atoms with Crippen LogP contribution in [0.2, 0.25) is 0 Å². The molecule has 2 aromatic rings. The third kappa shape index (κ3) is 2.97. The lowest BCUT2D eigenvalue weighted by atomic mass is 10.1. The van der Waals surface area contributed by atoms with Crippen molar-refractivity contribution >= 4 is 5.69 Å². The van der Waals surface area contributed by atoms with E-state index in [9.17, 15) is 4.39 Å². The average molecular weight is 231 g/mol. The molecule has 17 heavy (non-hydrogen) atoms. The number of hydrogen-bond donors (Lipinski definition) is 1. The van der Waals surface area contributed by atoms with Crippen molar-refractivity contribution in [1.82, 2.24) is 0 Å². The van der Waals surface area contributed by atoms with Crippen molar-refractivity contribution in [3.8, 4) is 5.75 Å². The van der Waals surface area contributed by atoms with Gasteiger partial charge in [-0.25, -0.2) is 4.39 Å². The van der Waals surface area contributed by atoms with E-state index in [2.05, 4.69) is 0 Å². The van der Waals surface area contributed by atoms with Gasteiger partial charge in [-0.3, -0.25) is 0 Å². The average Bonchev–Trinajstić information content (AvgIpc) is 2.30. The van der Waals surface area contributed by atoms with E-state index in [-0.39, 0.29) is 5.82 Å². The maximum absolute atomic E-state index is 12.7. The Morgan fingerprint density at radius 3 is 2.47 bits per heavy atom. The fourth-order valence-corrected chi connectivity index (χ4v) is 1.57. The zero-order chi connectivity index (χ0) is 12.3. The second-order valence-corrected chi connectivity index (χ2v) is 3.93. The lowest BCUT2D eigenvalue weighted by Gasteiger charge is -2.09. The van der Waals surface area contributed by atoms with Gasteiger partial charge in [-0.05, 0) is 54.4 Å². The summed E-state index contributed by atoms with van der Waals surface area (Å²) in [5.74, 6) is 0.392. The fourth-order valence-electron chi connectivity index (χ4n) is 1.57. The van der Waals surface area contributed by atoms with Crippen molar-refractivity contribution in [1.29, 1.82) is 0 Å². The van der Waals surface area contributed by atoms with Crippen LogP contribution >= 0.6 is 0 Å². The lowest BCUT2D eigenvalue weighted by Crippen LogP contribution is -1.98. The highest BCUT2D eigenvalue weighted by Crippen LogP contribution is 2.17. The van der Waals surface area contributed by atoms with E-state index in [0.717, 1.165) is 16.8 Å². The highest BCUT2D eigenvalue weighted by Gasteiger charge is 2.00. The van der Waals surface area contributed by atoms with Crippen molar-refractivity contribution in [2.24, 2.45) is 0 Å². The Bertz CT molecular complexity index is 508. The number of anilines is 1. The standard InChI is InChI=1S/C14H14FNO/c1-10-8-13(16)5-2-11(10)9-17-14-6-3-12(15)4-7-14/h2-8H,9,16H2,1H3. The van der Waals surface area contributed by atoms with Gasteiger partial charge in [-0.15, -0.1) is 0 Å². The summed E-state index contributed by atoms with van der Waals surface area (Å²) in [6.07, 6.45) is 0. The summed E-state index contributed by atoms with van der Waals surface area (Å²) < 4.78 is 18.2. The maximum Gasteiger partial charge on any atom is 0.123 e. The van der Waals surface area contributed by atoms with Crippen molar-refractivity contribution in [3.63, 3.8) is 0 Å². The van der Waals surface area contributed by atoms with E-state index in [1.807, 2.05) is 25.1 Å². The molecule has 0 atom stereocenters. The molecular weight excluding hydrogens is 217 g/mol. The normalized spacial score (nSPS) is 10.2. The number of nitrogen functional groups attached to an aromatic ring is 1. The second-order valence-electron chi connectivity index (χ2n) is 3.93. The zero-order valence-corrected chi connectivity index (χ0v) is 9.61. The Morgan fingerprint density at radius 2 is 1.82 bits per heavy atom. The van der Waals surface area contributed by atoms with Crippen molar-refractivity contribution in [3.05, 3.63) is 59.4 Å². The van der Waals surface area contributed by atoms with E-state index < -0.39 is 0 Å². The number of rotatable bonds is 3. The molecule has 0 radical (unpaired) electrons. The molecule has 2 rings (SSSR count). The molecule has 2 aromatic carbocycles. The van der Waals surface area contributed by atoms with Gasteiger partial charge in [0, 0.05) is 5.69 Å². The van der Waals surface area contributed by atoms with Gasteiger partial charge >= 0.3 is 0 Å². The molecule has 0 bridgehead atoms. The van der Waals surface area contributed by atoms with Crippen LogP contribution in [-0.2, 0) is 6.61 Å². The Balaban J connectivity index is 2.04. The summed E-state index contributed by atoms with van der Waals surface area (Å²) in [4.78, 5) is 0. The Morgan fingerprint density at radius 1 is 1.12 bits per heavy atom. The minimum Gasteiger partial charge on any atom is -0.489 e. The summed E-state index contributed by atoms with van der Waals surface area (Å²) in [6, 6.07) is 11.7. The Hall–Kier alpha value is -2.03. The number of halogens is 1. The van der Waals surface area contributed by atoms with Gasteiger partial charge in [-0.2, -0.15) is 0 Å². The van der Waals surface area contributed by atoms with E-state index in [0.29, 0.717) is 12.4 Å². The molecule has 0 saturated carbocycles. The fraction of sp³-hybridized carbons (Fsp3) is 0.143. The molecule has 0 aliphatic rings. The molecule has 3 heteroatoms. The van der Waals surface area contributed by atoms with Gasteiger partial charge in [-0.1, -0.05) is 6.07 Å². The molecular formula is C14H14FNO. The maximum atomic E-state index is 12.7. The first kappa shape index (κ1) is 11.5. The molecule has 2 nitrogen and oxygen atoms in total. The monoisotopic (exact) mass is 231 g/mol. The van der Waals surface area contributed by atoms with Gasteiger partial charge in [0.25, 0.3) is 0 Å². The quantitative estimate of drug-likeness (QED) is 0.822. The molecule has 0 aromatic heterocycles. The van der Waals surface area contributed by atoms with Crippen molar-refractivity contribution < 1.29 is 9.13 Å².